The van der Waals surface area contributed by atoms with Gasteiger partial charge in [-0.3, -0.25) is 20.0 Å². The van der Waals surface area contributed by atoms with Gasteiger partial charge in [-0.2, -0.15) is 5.10 Å². The number of benzene rings is 2. The van der Waals surface area contributed by atoms with Crippen molar-refractivity contribution in [2.75, 3.05) is 5.32 Å². The zero-order chi connectivity index (χ0) is 19.6. The molecule has 0 saturated heterocycles. The molecule has 0 spiro atoms. The summed E-state index contributed by atoms with van der Waals surface area (Å²) in [6, 6.07) is 10.4. The molecule has 0 bridgehead atoms. The van der Waals surface area contributed by atoms with Gasteiger partial charge in [0, 0.05) is 23.3 Å². The maximum absolute atomic E-state index is 14.1. The number of amides is 1. The van der Waals surface area contributed by atoms with E-state index in [-0.39, 0.29) is 28.2 Å². The fraction of sp³-hybridized carbons (Fsp3) is 0. The van der Waals surface area contributed by atoms with Gasteiger partial charge in [0.1, 0.15) is 17.2 Å². The standard InChI is InChI=1S/C17H11FN4O5/c18-12-7-2-1-6-11(12)13-14(15(17(24)25)21-20-13)19-16(23)9-4-3-5-10(8-9)22(26)27/h1-8H,(H,19,23)(H,20,21)(H,24,25). The first-order valence-corrected chi connectivity index (χ1v) is 7.51. The number of halogens is 1. The van der Waals surface area contributed by atoms with E-state index in [1.807, 2.05) is 0 Å². The molecule has 1 heterocycles. The molecule has 0 unspecified atom stereocenters. The number of hydrogen-bond donors (Lipinski definition) is 3. The van der Waals surface area contributed by atoms with Crippen LogP contribution in [0.4, 0.5) is 15.8 Å². The van der Waals surface area contributed by atoms with E-state index in [1.165, 1.54) is 36.4 Å². The second kappa shape index (κ2) is 7.04. The van der Waals surface area contributed by atoms with E-state index in [1.54, 1.807) is 0 Å². The number of hydrogen-bond acceptors (Lipinski definition) is 5. The predicted octanol–water partition coefficient (Wildman–Crippen LogP) is 3.07. The fourth-order valence-electron chi connectivity index (χ4n) is 2.41. The van der Waals surface area contributed by atoms with E-state index in [0.29, 0.717) is 0 Å². The van der Waals surface area contributed by atoms with Gasteiger partial charge in [0.2, 0.25) is 0 Å². The summed E-state index contributed by atoms with van der Waals surface area (Å²) in [4.78, 5) is 34.1. The van der Waals surface area contributed by atoms with Crippen LogP contribution in [0.5, 0.6) is 0 Å². The highest BCUT2D eigenvalue weighted by atomic mass is 19.1. The molecule has 10 heteroatoms. The summed E-state index contributed by atoms with van der Waals surface area (Å²) in [5.74, 6) is -2.88. The normalized spacial score (nSPS) is 10.4. The summed E-state index contributed by atoms with van der Waals surface area (Å²) in [7, 11) is 0. The lowest BCUT2D eigenvalue weighted by atomic mass is 10.1. The maximum Gasteiger partial charge on any atom is 0.356 e. The number of carboxylic acids is 1. The zero-order valence-electron chi connectivity index (χ0n) is 13.5. The van der Waals surface area contributed by atoms with E-state index in [0.717, 1.165) is 12.1 Å². The maximum atomic E-state index is 14.1. The third kappa shape index (κ3) is 3.49. The Hall–Kier alpha value is -4.08. The molecule has 9 nitrogen and oxygen atoms in total. The molecule has 1 amide bonds. The van der Waals surface area contributed by atoms with Crippen molar-refractivity contribution >= 4 is 23.3 Å². The molecule has 0 atom stereocenters. The number of carbonyl (C=O) groups is 2. The Bertz CT molecular complexity index is 1060. The Morgan fingerprint density at radius 1 is 1.19 bits per heavy atom. The number of non-ortho nitro benzene ring substituents is 1. The second-order valence-corrected chi connectivity index (χ2v) is 5.37. The molecule has 3 rings (SSSR count). The van der Waals surface area contributed by atoms with Crippen LogP contribution in [0.3, 0.4) is 0 Å². The van der Waals surface area contributed by atoms with Gasteiger partial charge in [0.15, 0.2) is 5.69 Å². The lowest BCUT2D eigenvalue weighted by molar-refractivity contribution is -0.384. The Labute approximate surface area is 150 Å². The van der Waals surface area contributed by atoms with E-state index < -0.39 is 28.3 Å². The summed E-state index contributed by atoms with van der Waals surface area (Å²) in [5, 5.41) is 28.5. The van der Waals surface area contributed by atoms with Crippen LogP contribution in [0.1, 0.15) is 20.8 Å². The lowest BCUT2D eigenvalue weighted by Crippen LogP contribution is -2.15. The molecule has 136 valence electrons. The molecule has 0 fully saturated rings. The molecule has 3 aromatic rings. The van der Waals surface area contributed by atoms with Gasteiger partial charge in [-0.15, -0.1) is 0 Å². The van der Waals surface area contributed by atoms with Crippen LogP contribution in [0, 0.1) is 15.9 Å². The molecule has 27 heavy (non-hydrogen) atoms. The number of nitro groups is 1. The van der Waals surface area contributed by atoms with Gasteiger partial charge in [-0.1, -0.05) is 18.2 Å². The molecular formula is C17H11FN4O5. The highest BCUT2D eigenvalue weighted by Crippen LogP contribution is 2.31. The number of H-pyrrole nitrogens is 1. The van der Waals surface area contributed by atoms with Crippen molar-refractivity contribution in [2.24, 2.45) is 0 Å². The predicted molar refractivity (Wildman–Crippen MR) is 92.0 cm³/mol. The first-order valence-electron chi connectivity index (χ1n) is 7.51. The Morgan fingerprint density at radius 2 is 1.93 bits per heavy atom. The molecule has 0 radical (unpaired) electrons. The molecule has 3 N–H and O–H groups in total. The Kier molecular flexibility index (Phi) is 4.62. The van der Waals surface area contributed by atoms with E-state index >= 15 is 0 Å². The van der Waals surface area contributed by atoms with Gasteiger partial charge in [0.25, 0.3) is 11.6 Å². The van der Waals surface area contributed by atoms with Crippen LogP contribution in [-0.4, -0.2) is 32.1 Å². The number of anilines is 1. The number of aromatic nitrogens is 2. The molecular weight excluding hydrogens is 359 g/mol. The summed E-state index contributed by atoms with van der Waals surface area (Å²) in [6.07, 6.45) is 0. The van der Waals surface area contributed by atoms with Crippen LogP contribution in [0.2, 0.25) is 0 Å². The molecule has 1 aromatic heterocycles. The minimum absolute atomic E-state index is 0.0180. The van der Waals surface area contributed by atoms with Crippen molar-refractivity contribution in [3.63, 3.8) is 0 Å². The van der Waals surface area contributed by atoms with Crippen molar-refractivity contribution in [2.45, 2.75) is 0 Å². The minimum atomic E-state index is -1.42. The summed E-state index contributed by atoms with van der Waals surface area (Å²) in [6.45, 7) is 0. The van der Waals surface area contributed by atoms with Crippen LogP contribution in [-0.2, 0) is 0 Å². The van der Waals surface area contributed by atoms with Gasteiger partial charge in [-0.25, -0.2) is 9.18 Å². The van der Waals surface area contributed by atoms with Crippen molar-refractivity contribution in [3.05, 3.63) is 75.7 Å². The average Bonchev–Trinajstić information content (AvgIpc) is 3.05. The van der Waals surface area contributed by atoms with Crippen LogP contribution in [0.25, 0.3) is 11.3 Å². The SMILES string of the molecule is O=C(Nc1c(-c2ccccc2F)n[nH]c1C(=O)O)c1cccc([N+](=O)[O-])c1. The Morgan fingerprint density at radius 3 is 2.59 bits per heavy atom. The van der Waals surface area contributed by atoms with E-state index in [2.05, 4.69) is 15.5 Å². The van der Waals surface area contributed by atoms with Gasteiger partial charge in [0.05, 0.1) is 4.92 Å². The largest absolute Gasteiger partial charge is 0.476 e. The molecule has 0 saturated carbocycles. The number of carboxylic acid groups (broad SMARTS) is 1. The van der Waals surface area contributed by atoms with E-state index in [9.17, 15) is 29.2 Å². The second-order valence-electron chi connectivity index (χ2n) is 5.37. The highest BCUT2D eigenvalue weighted by molar-refractivity contribution is 6.10. The minimum Gasteiger partial charge on any atom is -0.476 e. The summed E-state index contributed by atoms with van der Waals surface area (Å²) in [5.41, 5.74) is -1.19. The average molecular weight is 370 g/mol. The third-order valence-electron chi connectivity index (χ3n) is 3.67. The van der Waals surface area contributed by atoms with Crippen molar-refractivity contribution in [1.29, 1.82) is 0 Å². The monoisotopic (exact) mass is 370 g/mol. The van der Waals surface area contributed by atoms with Gasteiger partial charge in [-0.05, 0) is 18.2 Å². The number of carbonyl (C=O) groups excluding carboxylic acids is 1. The quantitative estimate of drug-likeness (QED) is 0.466. The fourth-order valence-corrected chi connectivity index (χ4v) is 2.41. The smallest absolute Gasteiger partial charge is 0.356 e. The van der Waals surface area contributed by atoms with Crippen molar-refractivity contribution in [3.8, 4) is 11.3 Å². The van der Waals surface area contributed by atoms with Crippen LogP contribution >= 0.6 is 0 Å². The van der Waals surface area contributed by atoms with Gasteiger partial charge < -0.3 is 10.4 Å². The number of nitrogens with one attached hydrogen (secondary N) is 2. The summed E-state index contributed by atoms with van der Waals surface area (Å²) >= 11 is 0. The number of rotatable bonds is 5. The highest BCUT2D eigenvalue weighted by Gasteiger charge is 2.24. The first-order chi connectivity index (χ1) is 12.9. The Balaban J connectivity index is 2.03. The topological polar surface area (TPSA) is 138 Å². The number of aromatic carboxylic acids is 1. The summed E-state index contributed by atoms with van der Waals surface area (Å²) < 4.78 is 14.1. The zero-order valence-corrected chi connectivity index (χ0v) is 13.5. The van der Waals surface area contributed by atoms with Gasteiger partial charge >= 0.3 is 5.97 Å². The first kappa shape index (κ1) is 17.7. The van der Waals surface area contributed by atoms with E-state index in [4.69, 9.17) is 0 Å². The molecule has 0 aliphatic carbocycles. The van der Waals surface area contributed by atoms with Crippen molar-refractivity contribution < 1.29 is 24.0 Å². The van der Waals surface area contributed by atoms with Crippen molar-refractivity contribution in [1.82, 2.24) is 10.2 Å². The molecule has 0 aliphatic rings. The van der Waals surface area contributed by atoms with Crippen LogP contribution < -0.4 is 5.32 Å². The molecule has 0 aliphatic heterocycles. The lowest BCUT2D eigenvalue weighted by Gasteiger charge is -2.08. The number of aromatic amines is 1. The molecule has 2 aromatic carbocycles. The number of nitrogens with zero attached hydrogens (tertiary/aromatic N) is 2. The van der Waals surface area contributed by atoms with Crippen LogP contribution in [0.15, 0.2) is 48.5 Å². The third-order valence-corrected chi connectivity index (χ3v) is 3.67. The number of nitro benzene ring substituents is 1.